The minimum atomic E-state index is -0.637. The third-order valence-electron chi connectivity index (χ3n) is 2.27. The van der Waals surface area contributed by atoms with Crippen LogP contribution in [-0.2, 0) is 11.2 Å². The van der Waals surface area contributed by atoms with E-state index in [2.05, 4.69) is 10.6 Å². The van der Waals surface area contributed by atoms with Crippen molar-refractivity contribution in [3.8, 4) is 0 Å². The van der Waals surface area contributed by atoms with Gasteiger partial charge in [-0.2, -0.15) is 0 Å². The van der Waals surface area contributed by atoms with Crippen molar-refractivity contribution in [2.75, 3.05) is 14.1 Å². The molecule has 1 rings (SSSR count). The Morgan fingerprint density at radius 2 is 1.81 bits per heavy atom. The van der Waals surface area contributed by atoms with Crippen molar-refractivity contribution < 1.29 is 13.6 Å². The fourth-order valence-electron chi connectivity index (χ4n) is 1.46. The lowest BCUT2D eigenvalue weighted by Gasteiger charge is -2.14. The number of nitrogens with one attached hydrogen (secondary N) is 2. The highest BCUT2D eigenvalue weighted by Gasteiger charge is 2.15. The first-order valence-electron chi connectivity index (χ1n) is 4.90. The maximum Gasteiger partial charge on any atom is 0.237 e. The van der Waals surface area contributed by atoms with E-state index in [-0.39, 0.29) is 12.3 Å². The van der Waals surface area contributed by atoms with Crippen LogP contribution in [-0.4, -0.2) is 26.0 Å². The number of hydrogen-bond donors (Lipinski definition) is 2. The molecule has 3 nitrogen and oxygen atoms in total. The zero-order chi connectivity index (χ0) is 12.1. The van der Waals surface area contributed by atoms with Crippen molar-refractivity contribution in [1.82, 2.24) is 10.6 Å². The number of carbonyl (C=O) groups is 1. The highest BCUT2D eigenvalue weighted by Crippen LogP contribution is 2.10. The van der Waals surface area contributed by atoms with Crippen LogP contribution < -0.4 is 10.6 Å². The first kappa shape index (κ1) is 12.6. The van der Waals surface area contributed by atoms with Crippen molar-refractivity contribution >= 4 is 5.91 Å². The van der Waals surface area contributed by atoms with E-state index in [0.29, 0.717) is 5.56 Å². The predicted molar refractivity (Wildman–Crippen MR) is 57.0 cm³/mol. The second kappa shape index (κ2) is 5.55. The molecule has 88 valence electrons. The quantitative estimate of drug-likeness (QED) is 0.802. The van der Waals surface area contributed by atoms with Crippen LogP contribution in [0.15, 0.2) is 18.2 Å². The Morgan fingerprint density at radius 3 is 2.25 bits per heavy atom. The summed E-state index contributed by atoms with van der Waals surface area (Å²) in [6, 6.07) is 2.75. The third-order valence-corrected chi connectivity index (χ3v) is 2.27. The molecule has 16 heavy (non-hydrogen) atoms. The van der Waals surface area contributed by atoms with E-state index >= 15 is 0 Å². The van der Waals surface area contributed by atoms with Crippen LogP contribution in [0.5, 0.6) is 0 Å². The molecule has 0 saturated carbocycles. The molecule has 5 heteroatoms. The van der Waals surface area contributed by atoms with Gasteiger partial charge in [-0.1, -0.05) is 0 Å². The number of likely N-dealkylation sites (N-methyl/N-ethyl adjacent to an activating group) is 2. The normalized spacial score (nSPS) is 12.2. The molecule has 1 aromatic rings. The summed E-state index contributed by atoms with van der Waals surface area (Å²) in [6.45, 7) is 0. The number of benzene rings is 1. The molecule has 0 bridgehead atoms. The average molecular weight is 228 g/mol. The van der Waals surface area contributed by atoms with E-state index in [1.807, 2.05) is 0 Å². The molecule has 0 radical (unpaired) electrons. The van der Waals surface area contributed by atoms with E-state index in [1.165, 1.54) is 19.2 Å². The summed E-state index contributed by atoms with van der Waals surface area (Å²) in [5, 5.41) is 5.26. The summed E-state index contributed by atoms with van der Waals surface area (Å²) >= 11 is 0. The van der Waals surface area contributed by atoms with E-state index in [1.54, 1.807) is 7.05 Å². The second-order valence-electron chi connectivity index (χ2n) is 3.44. The summed E-state index contributed by atoms with van der Waals surface area (Å²) in [5.74, 6) is -1.49. The monoisotopic (exact) mass is 228 g/mol. The van der Waals surface area contributed by atoms with Crippen LogP contribution in [0.4, 0.5) is 8.78 Å². The predicted octanol–water partition coefficient (Wildman–Crippen LogP) is 0.841. The molecule has 0 aliphatic carbocycles. The molecular weight excluding hydrogens is 214 g/mol. The van der Waals surface area contributed by atoms with Crippen molar-refractivity contribution in [1.29, 1.82) is 0 Å². The Bertz CT molecular complexity index is 362. The first-order chi connectivity index (χ1) is 7.56. The third kappa shape index (κ3) is 3.27. The Morgan fingerprint density at radius 1 is 1.25 bits per heavy atom. The summed E-state index contributed by atoms with van der Waals surface area (Å²) in [5.41, 5.74) is 0.445. The van der Waals surface area contributed by atoms with Gasteiger partial charge in [-0.15, -0.1) is 0 Å². The number of rotatable bonds is 4. The minimum absolute atomic E-state index is 0.216. The van der Waals surface area contributed by atoms with Gasteiger partial charge in [0.1, 0.15) is 11.6 Å². The fraction of sp³-hybridized carbons (Fsp3) is 0.364. The van der Waals surface area contributed by atoms with Crippen molar-refractivity contribution in [2.45, 2.75) is 12.5 Å². The van der Waals surface area contributed by atoms with Gasteiger partial charge < -0.3 is 10.6 Å². The van der Waals surface area contributed by atoms with Crippen LogP contribution >= 0.6 is 0 Å². The van der Waals surface area contributed by atoms with E-state index in [0.717, 1.165) is 6.07 Å². The smallest absolute Gasteiger partial charge is 0.237 e. The minimum Gasteiger partial charge on any atom is -0.358 e. The van der Waals surface area contributed by atoms with Crippen LogP contribution in [0.3, 0.4) is 0 Å². The number of carbonyl (C=O) groups excluding carboxylic acids is 1. The van der Waals surface area contributed by atoms with Crippen LogP contribution in [0.1, 0.15) is 5.56 Å². The van der Waals surface area contributed by atoms with Gasteiger partial charge in [0.15, 0.2) is 0 Å². The zero-order valence-electron chi connectivity index (χ0n) is 9.18. The number of hydrogen-bond acceptors (Lipinski definition) is 2. The molecule has 0 aliphatic heterocycles. The second-order valence-corrected chi connectivity index (χ2v) is 3.44. The summed E-state index contributed by atoms with van der Waals surface area (Å²) < 4.78 is 25.8. The Balaban J connectivity index is 2.81. The average Bonchev–Trinajstić information content (AvgIpc) is 2.23. The van der Waals surface area contributed by atoms with E-state index < -0.39 is 17.7 Å². The molecule has 0 aliphatic rings. The van der Waals surface area contributed by atoms with Gasteiger partial charge in [0.2, 0.25) is 5.91 Å². The zero-order valence-corrected chi connectivity index (χ0v) is 9.18. The summed E-state index contributed by atoms with van der Waals surface area (Å²) in [7, 11) is 3.13. The molecule has 0 spiro atoms. The molecule has 1 atom stereocenters. The fourth-order valence-corrected chi connectivity index (χ4v) is 1.46. The van der Waals surface area contributed by atoms with Crippen molar-refractivity contribution in [3.63, 3.8) is 0 Å². The Hall–Kier alpha value is -1.49. The van der Waals surface area contributed by atoms with Gasteiger partial charge in [-0.05, 0) is 31.2 Å². The summed E-state index contributed by atoms with van der Waals surface area (Å²) in [6.07, 6.45) is 0.241. The molecular formula is C11H14F2N2O. The van der Waals surface area contributed by atoms with Gasteiger partial charge in [0.05, 0.1) is 6.04 Å². The van der Waals surface area contributed by atoms with Gasteiger partial charge in [-0.25, -0.2) is 8.78 Å². The highest BCUT2D eigenvalue weighted by molar-refractivity contribution is 5.81. The number of halogens is 2. The number of amides is 1. The lowest BCUT2D eigenvalue weighted by molar-refractivity contribution is -0.122. The maximum atomic E-state index is 12.9. The molecule has 1 amide bonds. The Labute approximate surface area is 92.8 Å². The standard InChI is InChI=1S/C11H14F2N2O/c1-14-10(11(16)15-2)5-7-3-8(12)6-9(13)4-7/h3-4,6,10,14H,5H2,1-2H3,(H,15,16)/t10-/m0/s1. The lowest BCUT2D eigenvalue weighted by Crippen LogP contribution is -2.42. The Kier molecular flexibility index (Phi) is 4.37. The van der Waals surface area contributed by atoms with Gasteiger partial charge in [0, 0.05) is 13.1 Å². The van der Waals surface area contributed by atoms with Crippen LogP contribution in [0, 0.1) is 11.6 Å². The largest absolute Gasteiger partial charge is 0.358 e. The highest BCUT2D eigenvalue weighted by atomic mass is 19.1. The van der Waals surface area contributed by atoms with Crippen LogP contribution in [0.2, 0.25) is 0 Å². The summed E-state index contributed by atoms with van der Waals surface area (Å²) in [4.78, 5) is 11.4. The van der Waals surface area contributed by atoms with E-state index in [4.69, 9.17) is 0 Å². The molecule has 0 aromatic heterocycles. The SMILES string of the molecule is CNC(=O)[C@H](Cc1cc(F)cc(F)c1)NC. The molecule has 0 unspecified atom stereocenters. The molecule has 0 fully saturated rings. The molecule has 2 N–H and O–H groups in total. The van der Waals surface area contributed by atoms with Crippen LogP contribution in [0.25, 0.3) is 0 Å². The molecule has 1 aromatic carbocycles. The lowest BCUT2D eigenvalue weighted by atomic mass is 10.1. The van der Waals surface area contributed by atoms with Gasteiger partial charge >= 0.3 is 0 Å². The van der Waals surface area contributed by atoms with Crippen molar-refractivity contribution in [2.24, 2.45) is 0 Å². The van der Waals surface area contributed by atoms with Gasteiger partial charge in [-0.3, -0.25) is 4.79 Å². The topological polar surface area (TPSA) is 41.1 Å². The molecule has 0 heterocycles. The van der Waals surface area contributed by atoms with E-state index in [9.17, 15) is 13.6 Å². The maximum absolute atomic E-state index is 12.9. The molecule has 0 saturated heterocycles. The van der Waals surface area contributed by atoms with Crippen molar-refractivity contribution in [3.05, 3.63) is 35.4 Å². The first-order valence-corrected chi connectivity index (χ1v) is 4.90. The van der Waals surface area contributed by atoms with Gasteiger partial charge in [0.25, 0.3) is 0 Å².